The topological polar surface area (TPSA) is 67.2 Å². The molecule has 1 aromatic heterocycles. The molecule has 0 bridgehead atoms. The number of aliphatic hydroxyl groups excluding tert-OH is 1. The minimum absolute atomic E-state index is 0.116. The number of halogens is 1. The lowest BCUT2D eigenvalue weighted by Crippen LogP contribution is -2.40. The molecule has 1 heterocycles. The van der Waals surface area contributed by atoms with Gasteiger partial charge in [-0.15, -0.1) is 0 Å². The Morgan fingerprint density at radius 2 is 2.27 bits per heavy atom. The third-order valence-electron chi connectivity index (χ3n) is 5.27. The van der Waals surface area contributed by atoms with Gasteiger partial charge in [0.25, 0.3) is 5.91 Å². The van der Waals surface area contributed by atoms with Crippen LogP contribution in [0.4, 0.5) is 0 Å². The van der Waals surface area contributed by atoms with Crippen LogP contribution < -0.4 is 5.32 Å². The first-order valence-electron chi connectivity index (χ1n) is 9.05. The van der Waals surface area contributed by atoms with Gasteiger partial charge >= 0.3 is 0 Å². The molecular weight excluding hydrogens is 350 g/mol. The van der Waals surface area contributed by atoms with Gasteiger partial charge in [0.15, 0.2) is 0 Å². The minimum Gasteiger partial charge on any atom is -0.391 e. The number of carbonyl (C=O) groups is 1. The second-order valence-corrected chi connectivity index (χ2v) is 7.66. The fourth-order valence-corrected chi connectivity index (χ4v) is 4.11. The monoisotopic (exact) mass is 371 g/mol. The molecule has 0 saturated heterocycles. The molecule has 1 aromatic carbocycles. The molecule has 0 aliphatic heterocycles. The van der Waals surface area contributed by atoms with Crippen molar-refractivity contribution in [3.8, 4) is 0 Å². The smallest absolute Gasteiger partial charge is 0.251 e. The maximum atomic E-state index is 12.6. The molecular formula is C20H22ClN3O2. The summed E-state index contributed by atoms with van der Waals surface area (Å²) in [6, 6.07) is 5.59. The average Bonchev–Trinajstić information content (AvgIpc) is 3.20. The SMILES string of the molecule is O=C(N[C@@H]1CC(Cn2cc(Cl)cn2)C[C@H]1O)c1ccc2c(c1)CCC=C2. The summed E-state index contributed by atoms with van der Waals surface area (Å²) in [5, 5.41) is 18.2. The number of benzene rings is 1. The van der Waals surface area contributed by atoms with Crippen LogP contribution in [0.2, 0.25) is 5.02 Å². The Hall–Kier alpha value is -2.11. The summed E-state index contributed by atoms with van der Waals surface area (Å²) in [4.78, 5) is 12.6. The number of rotatable bonds is 4. The van der Waals surface area contributed by atoms with Gasteiger partial charge in [-0.1, -0.05) is 29.8 Å². The Bertz CT molecular complexity index is 845. The van der Waals surface area contributed by atoms with Crippen LogP contribution in [0.3, 0.4) is 0 Å². The Kier molecular flexibility index (Phi) is 4.83. The molecule has 2 aliphatic carbocycles. The number of nitrogens with zero attached hydrogens (tertiary/aromatic N) is 2. The summed E-state index contributed by atoms with van der Waals surface area (Å²) >= 11 is 5.90. The molecule has 26 heavy (non-hydrogen) atoms. The zero-order valence-electron chi connectivity index (χ0n) is 14.4. The average molecular weight is 372 g/mol. The largest absolute Gasteiger partial charge is 0.391 e. The second kappa shape index (κ2) is 7.25. The number of amides is 1. The van der Waals surface area contributed by atoms with Gasteiger partial charge in [0, 0.05) is 18.3 Å². The first-order valence-corrected chi connectivity index (χ1v) is 9.42. The van der Waals surface area contributed by atoms with Crippen LogP contribution in [-0.4, -0.2) is 32.9 Å². The highest BCUT2D eigenvalue weighted by Gasteiger charge is 2.34. The van der Waals surface area contributed by atoms with E-state index < -0.39 is 6.10 Å². The van der Waals surface area contributed by atoms with Gasteiger partial charge in [-0.25, -0.2) is 0 Å². The van der Waals surface area contributed by atoms with Crippen molar-refractivity contribution >= 4 is 23.6 Å². The van der Waals surface area contributed by atoms with E-state index in [9.17, 15) is 9.90 Å². The third kappa shape index (κ3) is 3.69. The molecule has 136 valence electrons. The molecule has 1 unspecified atom stereocenters. The molecule has 4 rings (SSSR count). The molecule has 0 spiro atoms. The van der Waals surface area contributed by atoms with Crippen LogP contribution >= 0.6 is 11.6 Å². The number of aryl methyl sites for hydroxylation is 1. The van der Waals surface area contributed by atoms with Crippen LogP contribution in [-0.2, 0) is 13.0 Å². The van der Waals surface area contributed by atoms with Gasteiger partial charge in [-0.3, -0.25) is 9.48 Å². The van der Waals surface area contributed by atoms with Gasteiger partial charge in [0.05, 0.1) is 23.4 Å². The first-order chi connectivity index (χ1) is 12.6. The Morgan fingerprint density at radius 3 is 3.08 bits per heavy atom. The highest BCUT2D eigenvalue weighted by atomic mass is 35.5. The van der Waals surface area contributed by atoms with E-state index in [-0.39, 0.29) is 17.9 Å². The van der Waals surface area contributed by atoms with Gasteiger partial charge in [0.2, 0.25) is 0 Å². The molecule has 3 atom stereocenters. The third-order valence-corrected chi connectivity index (χ3v) is 5.47. The number of aromatic nitrogens is 2. The van der Waals surface area contributed by atoms with Gasteiger partial charge < -0.3 is 10.4 Å². The van der Waals surface area contributed by atoms with Crippen molar-refractivity contribution in [3.63, 3.8) is 0 Å². The van der Waals surface area contributed by atoms with E-state index in [1.54, 1.807) is 17.1 Å². The fraction of sp³-hybridized carbons (Fsp3) is 0.400. The van der Waals surface area contributed by atoms with Crippen molar-refractivity contribution in [1.29, 1.82) is 0 Å². The molecule has 2 N–H and O–H groups in total. The van der Waals surface area contributed by atoms with Crippen LogP contribution in [0.1, 0.15) is 40.7 Å². The molecule has 1 fully saturated rings. The number of fused-ring (bicyclic) bond motifs is 1. The minimum atomic E-state index is -0.532. The summed E-state index contributed by atoms with van der Waals surface area (Å²) in [7, 11) is 0. The summed E-state index contributed by atoms with van der Waals surface area (Å²) in [6.45, 7) is 0.696. The number of allylic oxidation sites excluding steroid dienone is 1. The summed E-state index contributed by atoms with van der Waals surface area (Å²) in [5.41, 5.74) is 3.06. The van der Waals surface area contributed by atoms with Gasteiger partial charge in [-0.2, -0.15) is 5.10 Å². The maximum Gasteiger partial charge on any atom is 0.251 e. The van der Waals surface area contributed by atoms with E-state index in [4.69, 9.17) is 11.6 Å². The molecule has 2 aromatic rings. The van der Waals surface area contributed by atoms with E-state index in [1.807, 2.05) is 18.2 Å². The summed E-state index contributed by atoms with van der Waals surface area (Å²) < 4.78 is 1.79. The van der Waals surface area contributed by atoms with Gasteiger partial charge in [-0.05, 0) is 54.9 Å². The van der Waals surface area contributed by atoms with Crippen molar-refractivity contribution in [2.45, 2.75) is 44.4 Å². The Labute approximate surface area is 157 Å². The van der Waals surface area contributed by atoms with Crippen LogP contribution in [0.15, 0.2) is 36.7 Å². The van der Waals surface area contributed by atoms with Crippen molar-refractivity contribution in [2.24, 2.45) is 5.92 Å². The number of aliphatic hydroxyl groups is 1. The molecule has 0 radical (unpaired) electrons. The molecule has 6 heteroatoms. The number of hydrogen-bond acceptors (Lipinski definition) is 3. The van der Waals surface area contributed by atoms with Crippen LogP contribution in [0, 0.1) is 5.92 Å². The Morgan fingerprint density at radius 1 is 1.38 bits per heavy atom. The van der Waals surface area contributed by atoms with E-state index in [2.05, 4.69) is 22.6 Å². The van der Waals surface area contributed by atoms with Crippen molar-refractivity contribution in [1.82, 2.24) is 15.1 Å². The van der Waals surface area contributed by atoms with Crippen molar-refractivity contribution < 1.29 is 9.90 Å². The lowest BCUT2D eigenvalue weighted by Gasteiger charge is -2.18. The lowest BCUT2D eigenvalue weighted by molar-refractivity contribution is 0.0872. The predicted octanol–water partition coefficient (Wildman–Crippen LogP) is 3.07. The van der Waals surface area contributed by atoms with E-state index in [1.165, 1.54) is 11.1 Å². The van der Waals surface area contributed by atoms with E-state index in [0.29, 0.717) is 23.6 Å². The highest BCUT2D eigenvalue weighted by molar-refractivity contribution is 6.30. The normalized spacial score (nSPS) is 24.5. The first kappa shape index (κ1) is 17.3. The van der Waals surface area contributed by atoms with E-state index >= 15 is 0 Å². The Balaban J connectivity index is 1.39. The number of hydrogen-bond donors (Lipinski definition) is 2. The summed E-state index contributed by atoms with van der Waals surface area (Å²) in [6.07, 6.45) is 10.5. The molecule has 1 amide bonds. The zero-order chi connectivity index (χ0) is 18.1. The maximum absolute atomic E-state index is 12.6. The standard InChI is InChI=1S/C20H22ClN3O2/c21-17-10-22-24(12-17)11-13-7-18(19(25)8-13)23-20(26)16-6-5-14-3-1-2-4-15(14)9-16/h1,3,5-6,9-10,12-13,18-19,25H,2,4,7-8,11H2,(H,23,26)/t13?,18-,19-/m1/s1. The van der Waals surface area contributed by atoms with Gasteiger partial charge in [0.1, 0.15) is 0 Å². The summed E-state index contributed by atoms with van der Waals surface area (Å²) in [5.74, 6) is 0.147. The second-order valence-electron chi connectivity index (χ2n) is 7.22. The molecule has 2 aliphatic rings. The van der Waals surface area contributed by atoms with Crippen molar-refractivity contribution in [2.75, 3.05) is 0 Å². The van der Waals surface area contributed by atoms with Crippen molar-refractivity contribution in [3.05, 3.63) is 58.4 Å². The molecule has 1 saturated carbocycles. The molecule has 5 nitrogen and oxygen atoms in total. The predicted molar refractivity (Wildman–Crippen MR) is 101 cm³/mol. The fourth-order valence-electron chi connectivity index (χ4n) is 3.95. The van der Waals surface area contributed by atoms with Crippen LogP contribution in [0.5, 0.6) is 0 Å². The van der Waals surface area contributed by atoms with Crippen LogP contribution in [0.25, 0.3) is 6.08 Å². The lowest BCUT2D eigenvalue weighted by atomic mass is 9.95. The number of carbonyl (C=O) groups excluding carboxylic acids is 1. The zero-order valence-corrected chi connectivity index (χ0v) is 15.2. The number of nitrogens with one attached hydrogen (secondary N) is 1. The van der Waals surface area contributed by atoms with E-state index in [0.717, 1.165) is 19.3 Å². The highest BCUT2D eigenvalue weighted by Crippen LogP contribution is 2.28. The quantitative estimate of drug-likeness (QED) is 0.868.